The molecule has 0 N–H and O–H groups in total. The Morgan fingerprint density at radius 2 is 1.33 bits per heavy atom. The first-order valence-corrected chi connectivity index (χ1v) is 0.842. The zero-order valence-corrected chi connectivity index (χ0v) is 10.4. The van der Waals surface area contributed by atoms with E-state index in [0.717, 1.165) is 20.4 Å². The molecule has 0 aliphatic carbocycles. The van der Waals surface area contributed by atoms with Crippen LogP contribution in [0.25, 0.3) is 0 Å². The van der Waals surface area contributed by atoms with Crippen LogP contribution in [-0.2, 0) is 57.9 Å². The molecular formula is H3CuMgMnNaOTi. The summed E-state index contributed by atoms with van der Waals surface area (Å²) in [7, 11) is 0. The van der Waals surface area contributed by atoms with Crippen molar-refractivity contribution in [2.24, 2.45) is 0 Å². The van der Waals surface area contributed by atoms with Crippen molar-refractivity contribution in [3.8, 4) is 0 Å². The van der Waals surface area contributed by atoms with Gasteiger partial charge in [0.25, 0.3) is 0 Å². The molecule has 0 aromatic carbocycles. The molecule has 0 amide bonds. The van der Waals surface area contributed by atoms with Crippen molar-refractivity contribution in [1.82, 2.24) is 0 Å². The summed E-state index contributed by atoms with van der Waals surface area (Å²) in [6.45, 7) is 0. The molecule has 0 fully saturated rings. The van der Waals surface area contributed by atoms with Crippen LogP contribution in [-0.4, -0.2) is 23.1 Å². The maximum absolute atomic E-state index is 8.25. The Kier molecular flexibility index (Phi) is 233. The monoisotopic (exact) mass is 232 g/mol. The summed E-state index contributed by atoms with van der Waals surface area (Å²) >= 11 is 0.750. The van der Waals surface area contributed by atoms with Gasteiger partial charge in [0.1, 0.15) is 0 Å². The van der Waals surface area contributed by atoms with E-state index in [4.69, 9.17) is 3.32 Å². The summed E-state index contributed by atoms with van der Waals surface area (Å²) < 4.78 is 8.25. The quantitative estimate of drug-likeness (QED) is 0.403. The summed E-state index contributed by atoms with van der Waals surface area (Å²) in [6.07, 6.45) is 0. The maximum atomic E-state index is 8.25. The number of rotatable bonds is 0. The van der Waals surface area contributed by atoms with Gasteiger partial charge in [0.05, 0.1) is 0 Å². The standard InChI is InChI=1S/Cu.Mg.Mn.Na.O.Ti.3H/q;+2;;+1;;;3*-1. The van der Waals surface area contributed by atoms with Gasteiger partial charge in [0, 0.05) is 34.1 Å². The van der Waals surface area contributed by atoms with E-state index in [1.165, 1.54) is 0 Å². The predicted octanol–water partition coefficient (Wildman–Crippen LogP) is -3.17. The Hall–Kier alpha value is 3.32. The van der Waals surface area contributed by atoms with Crippen LogP contribution in [0.2, 0.25) is 0 Å². The van der Waals surface area contributed by atoms with Crippen LogP contribution in [0.4, 0.5) is 0 Å². The molecule has 0 rings (SSSR count). The van der Waals surface area contributed by atoms with Gasteiger partial charge in [-0.1, -0.05) is 0 Å². The van der Waals surface area contributed by atoms with Crippen molar-refractivity contribution in [2.45, 2.75) is 0 Å². The summed E-state index contributed by atoms with van der Waals surface area (Å²) in [4.78, 5) is 0. The van der Waals surface area contributed by atoms with E-state index >= 15 is 0 Å². The van der Waals surface area contributed by atoms with Gasteiger partial charge in [-0.2, -0.15) is 0 Å². The Morgan fingerprint density at radius 3 is 1.33 bits per heavy atom. The number of hydrogen-bond donors (Lipinski definition) is 0. The zero-order valence-electron chi connectivity index (χ0n) is 6.29. The van der Waals surface area contributed by atoms with E-state index in [1.807, 2.05) is 0 Å². The third kappa shape index (κ3) is 26.5. The molecule has 34 valence electrons. The second kappa shape index (κ2) is 40.4. The minimum atomic E-state index is 0. The Labute approximate surface area is 113 Å². The van der Waals surface area contributed by atoms with Crippen molar-refractivity contribution in [3.05, 3.63) is 0 Å². The van der Waals surface area contributed by atoms with Crippen molar-refractivity contribution in [1.29, 1.82) is 0 Å². The first-order chi connectivity index (χ1) is 1.00. The van der Waals surface area contributed by atoms with Crippen LogP contribution in [0.3, 0.4) is 0 Å². The molecule has 0 saturated carbocycles. The van der Waals surface area contributed by atoms with Gasteiger partial charge in [-0.25, -0.2) is 0 Å². The fourth-order valence-electron chi connectivity index (χ4n) is 0. The van der Waals surface area contributed by atoms with E-state index < -0.39 is 0 Å². The van der Waals surface area contributed by atoms with Crippen molar-refractivity contribution < 1.29 is 91.7 Å². The summed E-state index contributed by atoms with van der Waals surface area (Å²) in [5, 5.41) is 0. The SMILES string of the molecule is [Cu].[H-].[H-].[H-].[Mg+2].[Mn].[Na+].[O]=[Ti]. The third-order valence-electron chi connectivity index (χ3n) is 0. The van der Waals surface area contributed by atoms with Crippen LogP contribution in [0, 0.1) is 0 Å². The van der Waals surface area contributed by atoms with Crippen molar-refractivity contribution in [2.75, 3.05) is 0 Å². The topological polar surface area (TPSA) is 17.1 Å². The van der Waals surface area contributed by atoms with Crippen LogP contribution >= 0.6 is 0 Å². The fraction of sp³-hybridized carbons (Fsp3) is 0. The predicted molar refractivity (Wildman–Crippen MR) is 9.78 cm³/mol. The average Bonchev–Trinajstić information content (AvgIpc) is 1.00. The first kappa shape index (κ1) is 34.6. The Morgan fingerprint density at radius 1 is 1.33 bits per heavy atom. The van der Waals surface area contributed by atoms with E-state index in [-0.39, 0.29) is 91.0 Å². The van der Waals surface area contributed by atoms with Crippen LogP contribution < -0.4 is 29.6 Å². The molecule has 0 aromatic heterocycles. The van der Waals surface area contributed by atoms with Gasteiger partial charge in [-0.05, 0) is 0 Å². The molecule has 0 saturated heterocycles. The third-order valence-corrected chi connectivity index (χ3v) is 0. The van der Waals surface area contributed by atoms with E-state index in [1.54, 1.807) is 0 Å². The van der Waals surface area contributed by atoms with Gasteiger partial charge in [-0.3, -0.25) is 0 Å². The molecule has 1 nitrogen and oxygen atoms in total. The zero-order chi connectivity index (χ0) is 2.00. The van der Waals surface area contributed by atoms with Gasteiger partial charge in [0.15, 0.2) is 0 Å². The van der Waals surface area contributed by atoms with Gasteiger partial charge in [0.2, 0.25) is 0 Å². The molecule has 0 heterocycles. The van der Waals surface area contributed by atoms with Crippen molar-refractivity contribution in [3.63, 3.8) is 0 Å². The normalized spacial score (nSPS) is 0.500. The molecule has 2 radical (unpaired) electrons. The minimum absolute atomic E-state index is 0. The molecule has 0 aromatic rings. The number of hydrogen-bond acceptors (Lipinski definition) is 1. The van der Waals surface area contributed by atoms with E-state index in [9.17, 15) is 0 Å². The molecular weight excluding hydrogens is 230 g/mol. The molecule has 0 spiro atoms. The van der Waals surface area contributed by atoms with Crippen LogP contribution in [0.1, 0.15) is 4.28 Å². The van der Waals surface area contributed by atoms with Gasteiger partial charge < -0.3 is 4.28 Å². The molecule has 0 aliphatic rings. The Balaban J connectivity index is -0.000000000238. The average molecular weight is 233 g/mol. The molecule has 6 heavy (non-hydrogen) atoms. The van der Waals surface area contributed by atoms with Crippen molar-refractivity contribution >= 4 is 23.1 Å². The van der Waals surface area contributed by atoms with Crippen LogP contribution in [0.15, 0.2) is 0 Å². The molecule has 0 bridgehead atoms. The second-order valence-electron chi connectivity index (χ2n) is 0. The summed E-state index contributed by atoms with van der Waals surface area (Å²) in [5.41, 5.74) is 0. The van der Waals surface area contributed by atoms with Gasteiger partial charge >= 0.3 is 76.3 Å². The summed E-state index contributed by atoms with van der Waals surface area (Å²) in [5.74, 6) is 0. The first-order valence-electron chi connectivity index (χ1n) is 0.204. The fourth-order valence-corrected chi connectivity index (χ4v) is 0. The summed E-state index contributed by atoms with van der Waals surface area (Å²) in [6, 6.07) is 0. The Bertz CT molecular complexity index is 23.8. The van der Waals surface area contributed by atoms with E-state index in [2.05, 4.69) is 0 Å². The van der Waals surface area contributed by atoms with Gasteiger partial charge in [-0.15, -0.1) is 0 Å². The molecule has 0 aliphatic heterocycles. The second-order valence-corrected chi connectivity index (χ2v) is 0. The molecule has 0 unspecified atom stereocenters. The van der Waals surface area contributed by atoms with E-state index in [0.29, 0.717) is 0 Å². The molecule has 0 atom stereocenters. The van der Waals surface area contributed by atoms with Crippen LogP contribution in [0.5, 0.6) is 0 Å². The molecule has 6 heteroatoms.